The molecule has 0 aromatic heterocycles. The molecule has 0 spiro atoms. The van der Waals surface area contributed by atoms with Crippen LogP contribution in [0, 0.1) is 23.2 Å². The molecule has 3 atom stereocenters. The van der Waals surface area contributed by atoms with Crippen LogP contribution in [-0.4, -0.2) is 43.4 Å². The number of hydrogen-bond donors (Lipinski definition) is 3. The van der Waals surface area contributed by atoms with Gasteiger partial charge in [0.05, 0.1) is 6.61 Å². The Bertz CT molecular complexity index is 381. The number of nitrogens with two attached hydrogens (primary N) is 1. The molecule has 5 heteroatoms. The van der Waals surface area contributed by atoms with Crippen molar-refractivity contribution in [1.29, 1.82) is 0 Å². The Morgan fingerprint density at radius 3 is 2.64 bits per heavy atom. The molecule has 3 unspecified atom stereocenters. The minimum Gasteiger partial charge on any atom is -0.396 e. The van der Waals surface area contributed by atoms with E-state index in [-0.39, 0.29) is 23.8 Å². The minimum atomic E-state index is -0.0641. The van der Waals surface area contributed by atoms with Gasteiger partial charge in [-0.1, -0.05) is 6.42 Å². The van der Waals surface area contributed by atoms with E-state index < -0.39 is 0 Å². The first-order valence-corrected chi connectivity index (χ1v) is 8.85. The molecule has 4 N–H and O–H groups in total. The number of aliphatic hydroxyl groups is 1. The minimum absolute atomic E-state index is 0.0641. The maximum atomic E-state index is 12.6. The van der Waals surface area contributed by atoms with E-state index in [4.69, 9.17) is 10.5 Å². The smallest absolute Gasteiger partial charge is 0.223 e. The lowest BCUT2D eigenvalue weighted by Crippen LogP contribution is -2.50. The van der Waals surface area contributed by atoms with Crippen molar-refractivity contribution in [2.75, 3.05) is 26.4 Å². The van der Waals surface area contributed by atoms with Gasteiger partial charge in [0, 0.05) is 37.1 Å². The Balaban J connectivity index is 1.54. The predicted octanol–water partition coefficient (Wildman–Crippen LogP) is 1.05. The van der Waals surface area contributed by atoms with Crippen molar-refractivity contribution in [1.82, 2.24) is 5.32 Å². The van der Waals surface area contributed by atoms with Crippen molar-refractivity contribution in [2.24, 2.45) is 28.9 Å². The van der Waals surface area contributed by atoms with Crippen molar-refractivity contribution in [2.45, 2.75) is 51.0 Å². The summed E-state index contributed by atoms with van der Waals surface area (Å²) in [6, 6.07) is 0.307. The lowest BCUT2D eigenvalue weighted by molar-refractivity contribution is -0.128. The number of ether oxygens (including phenoxy) is 1. The number of hydrogen-bond acceptors (Lipinski definition) is 4. The van der Waals surface area contributed by atoms with Crippen LogP contribution in [0.1, 0.15) is 44.9 Å². The van der Waals surface area contributed by atoms with E-state index in [1.54, 1.807) is 0 Å². The first-order chi connectivity index (χ1) is 10.6. The Morgan fingerprint density at radius 1 is 1.32 bits per heavy atom. The summed E-state index contributed by atoms with van der Waals surface area (Å²) in [4.78, 5) is 12.6. The molecule has 2 saturated carbocycles. The van der Waals surface area contributed by atoms with E-state index in [0.717, 1.165) is 25.9 Å². The van der Waals surface area contributed by atoms with Crippen molar-refractivity contribution < 1.29 is 14.6 Å². The molecule has 1 saturated heterocycles. The summed E-state index contributed by atoms with van der Waals surface area (Å²) in [6.07, 6.45) is 7.17. The average Bonchev–Trinajstić information content (AvgIpc) is 2.94. The van der Waals surface area contributed by atoms with Crippen LogP contribution in [0.4, 0.5) is 0 Å². The fourth-order valence-corrected chi connectivity index (χ4v) is 4.73. The van der Waals surface area contributed by atoms with Crippen molar-refractivity contribution in [3.63, 3.8) is 0 Å². The lowest BCUT2D eigenvalue weighted by Gasteiger charge is -2.43. The first-order valence-electron chi connectivity index (χ1n) is 8.85. The quantitative estimate of drug-likeness (QED) is 0.708. The number of carbonyl (C=O) groups is 1. The van der Waals surface area contributed by atoms with Gasteiger partial charge in [0.15, 0.2) is 0 Å². The van der Waals surface area contributed by atoms with Crippen LogP contribution in [0.3, 0.4) is 0 Å². The number of aliphatic hydroxyl groups excluding tert-OH is 1. The van der Waals surface area contributed by atoms with Crippen molar-refractivity contribution in [3.8, 4) is 0 Å². The van der Waals surface area contributed by atoms with E-state index in [1.807, 2.05) is 0 Å². The maximum absolute atomic E-state index is 12.6. The van der Waals surface area contributed by atoms with E-state index in [0.29, 0.717) is 37.5 Å². The molecule has 1 amide bonds. The second-order valence-electron chi connectivity index (χ2n) is 7.69. The van der Waals surface area contributed by atoms with E-state index >= 15 is 0 Å². The van der Waals surface area contributed by atoms with Gasteiger partial charge in [0.2, 0.25) is 5.91 Å². The summed E-state index contributed by atoms with van der Waals surface area (Å²) in [5.41, 5.74) is 6.24. The van der Waals surface area contributed by atoms with E-state index in [1.165, 1.54) is 19.3 Å². The van der Waals surface area contributed by atoms with Crippen molar-refractivity contribution >= 4 is 5.91 Å². The third kappa shape index (κ3) is 3.31. The van der Waals surface area contributed by atoms with Gasteiger partial charge in [0.1, 0.15) is 0 Å². The van der Waals surface area contributed by atoms with Gasteiger partial charge in [-0.15, -0.1) is 0 Å². The largest absolute Gasteiger partial charge is 0.396 e. The lowest BCUT2D eigenvalue weighted by atomic mass is 9.65. The summed E-state index contributed by atoms with van der Waals surface area (Å²) in [7, 11) is 0. The molecule has 126 valence electrons. The zero-order valence-corrected chi connectivity index (χ0v) is 13.4. The van der Waals surface area contributed by atoms with Gasteiger partial charge in [-0.2, -0.15) is 0 Å². The predicted molar refractivity (Wildman–Crippen MR) is 84.1 cm³/mol. The van der Waals surface area contributed by atoms with Gasteiger partial charge < -0.3 is 20.9 Å². The van der Waals surface area contributed by atoms with Crippen molar-refractivity contribution in [3.05, 3.63) is 0 Å². The molecule has 2 bridgehead atoms. The zero-order chi connectivity index (χ0) is 15.6. The van der Waals surface area contributed by atoms with Gasteiger partial charge in [-0.3, -0.25) is 4.79 Å². The van der Waals surface area contributed by atoms with Crippen LogP contribution < -0.4 is 11.1 Å². The Morgan fingerprint density at radius 2 is 2.05 bits per heavy atom. The Kier molecular flexibility index (Phi) is 5.05. The normalized spacial score (nSPS) is 41.4. The molecule has 3 rings (SSSR count). The molecular formula is C17H30N2O3. The van der Waals surface area contributed by atoms with Gasteiger partial charge in [-0.05, 0) is 50.4 Å². The molecule has 3 fully saturated rings. The highest BCUT2D eigenvalue weighted by atomic mass is 16.5. The average molecular weight is 310 g/mol. The summed E-state index contributed by atoms with van der Waals surface area (Å²) < 4.78 is 5.49. The molecule has 5 nitrogen and oxygen atoms in total. The number of fused-ring (bicyclic) bond motifs is 2. The Labute approximate surface area is 133 Å². The molecule has 22 heavy (non-hydrogen) atoms. The van der Waals surface area contributed by atoms with Gasteiger partial charge >= 0.3 is 0 Å². The van der Waals surface area contributed by atoms with Crippen LogP contribution in [0.15, 0.2) is 0 Å². The number of nitrogens with one attached hydrogen (secondary N) is 1. The topological polar surface area (TPSA) is 84.6 Å². The Hall–Kier alpha value is -0.650. The van der Waals surface area contributed by atoms with E-state index in [2.05, 4.69) is 5.32 Å². The second-order valence-corrected chi connectivity index (χ2v) is 7.69. The molecule has 0 radical (unpaired) electrons. The van der Waals surface area contributed by atoms with Crippen LogP contribution in [0.2, 0.25) is 0 Å². The zero-order valence-electron chi connectivity index (χ0n) is 13.4. The van der Waals surface area contributed by atoms with Crippen LogP contribution in [-0.2, 0) is 9.53 Å². The third-order valence-electron chi connectivity index (χ3n) is 6.25. The van der Waals surface area contributed by atoms with Crippen LogP contribution in [0.25, 0.3) is 0 Å². The fourth-order valence-electron chi connectivity index (χ4n) is 4.73. The second kappa shape index (κ2) is 6.85. The third-order valence-corrected chi connectivity index (χ3v) is 6.25. The molecule has 3 aliphatic rings. The van der Waals surface area contributed by atoms with Gasteiger partial charge in [-0.25, -0.2) is 0 Å². The monoisotopic (exact) mass is 310 g/mol. The fraction of sp³-hybridized carbons (Fsp3) is 0.941. The summed E-state index contributed by atoms with van der Waals surface area (Å²) in [5.74, 6) is 1.38. The SMILES string of the molecule is NC1C2CCCC1CC(C(=O)NCC1(CCO)CCOC1)C2. The van der Waals surface area contributed by atoms with Crippen LogP contribution in [0.5, 0.6) is 0 Å². The molecule has 0 aromatic carbocycles. The molecule has 2 aliphatic carbocycles. The summed E-state index contributed by atoms with van der Waals surface area (Å²) in [5, 5.41) is 12.4. The number of rotatable bonds is 5. The number of amides is 1. The van der Waals surface area contributed by atoms with E-state index in [9.17, 15) is 9.90 Å². The highest BCUT2D eigenvalue weighted by Gasteiger charge is 2.41. The standard InChI is InChI=1S/C17H30N2O3/c18-15-12-2-1-3-13(15)9-14(8-12)16(21)19-10-17(4-6-20)5-7-22-11-17/h12-15,20H,1-11,18H2,(H,19,21). The molecule has 1 aliphatic heterocycles. The molecule has 0 aromatic rings. The van der Waals surface area contributed by atoms with Gasteiger partial charge in [0.25, 0.3) is 0 Å². The maximum Gasteiger partial charge on any atom is 0.223 e. The first kappa shape index (κ1) is 16.2. The molecular weight excluding hydrogens is 280 g/mol. The van der Waals surface area contributed by atoms with Crippen LogP contribution >= 0.6 is 0 Å². The summed E-state index contributed by atoms with van der Waals surface area (Å²) in [6.45, 7) is 2.17. The highest BCUT2D eigenvalue weighted by molar-refractivity contribution is 5.78. The highest BCUT2D eigenvalue weighted by Crippen LogP contribution is 2.42. The number of carbonyl (C=O) groups excluding carboxylic acids is 1. The molecule has 1 heterocycles. The summed E-state index contributed by atoms with van der Waals surface area (Å²) >= 11 is 0.